The van der Waals surface area contributed by atoms with Gasteiger partial charge in [0.1, 0.15) is 5.75 Å². The van der Waals surface area contributed by atoms with Crippen LogP contribution in [0.2, 0.25) is 0 Å². The van der Waals surface area contributed by atoms with E-state index in [1.165, 1.54) is 48.5 Å². The van der Waals surface area contributed by atoms with Crippen LogP contribution in [0.15, 0.2) is 53.4 Å². The third-order valence-electron chi connectivity index (χ3n) is 3.16. The maximum atomic E-state index is 12.4. The smallest absolute Gasteiger partial charge is 0.338 e. The molecule has 0 fully saturated rings. The standard InChI is InChI=1S/C17H18N2O6S/c1-2-24-17(21)12-3-5-13(6-4-12)19-26(22,23)15-9-7-14(8-10-15)25-11-16(18)20/h3-10,19H,2,11H2,1H3,(H2,18,20). The lowest BCUT2D eigenvalue weighted by Gasteiger charge is -2.10. The molecule has 8 nitrogen and oxygen atoms in total. The second kappa shape index (κ2) is 8.34. The number of nitrogens with one attached hydrogen (secondary N) is 1. The summed E-state index contributed by atoms with van der Waals surface area (Å²) in [5.41, 5.74) is 5.60. The van der Waals surface area contributed by atoms with Crippen molar-refractivity contribution in [3.63, 3.8) is 0 Å². The SMILES string of the molecule is CCOC(=O)c1ccc(NS(=O)(=O)c2ccc(OCC(N)=O)cc2)cc1. The number of ether oxygens (including phenoxy) is 2. The van der Waals surface area contributed by atoms with Gasteiger partial charge in [0.05, 0.1) is 17.1 Å². The molecule has 0 aliphatic rings. The number of hydrogen-bond acceptors (Lipinski definition) is 6. The van der Waals surface area contributed by atoms with E-state index in [4.69, 9.17) is 15.2 Å². The first-order valence-corrected chi connectivity index (χ1v) is 9.11. The van der Waals surface area contributed by atoms with Crippen molar-refractivity contribution in [2.75, 3.05) is 17.9 Å². The van der Waals surface area contributed by atoms with Crippen LogP contribution in [0.3, 0.4) is 0 Å². The van der Waals surface area contributed by atoms with Crippen molar-refractivity contribution in [3.05, 3.63) is 54.1 Å². The van der Waals surface area contributed by atoms with E-state index in [9.17, 15) is 18.0 Å². The van der Waals surface area contributed by atoms with Gasteiger partial charge in [-0.2, -0.15) is 0 Å². The number of benzene rings is 2. The Kier molecular flexibility index (Phi) is 6.18. The lowest BCUT2D eigenvalue weighted by atomic mass is 10.2. The fourth-order valence-corrected chi connectivity index (χ4v) is 3.03. The van der Waals surface area contributed by atoms with Gasteiger partial charge in [-0.25, -0.2) is 13.2 Å². The molecular weight excluding hydrogens is 360 g/mol. The normalized spacial score (nSPS) is 10.8. The van der Waals surface area contributed by atoms with Crippen LogP contribution < -0.4 is 15.2 Å². The molecule has 0 aliphatic heterocycles. The summed E-state index contributed by atoms with van der Waals surface area (Å²) in [7, 11) is -3.82. The van der Waals surface area contributed by atoms with Gasteiger partial charge in [-0.05, 0) is 55.5 Å². The van der Waals surface area contributed by atoms with Gasteiger partial charge in [0, 0.05) is 5.69 Å². The lowest BCUT2D eigenvalue weighted by molar-refractivity contribution is -0.119. The van der Waals surface area contributed by atoms with Gasteiger partial charge in [-0.3, -0.25) is 9.52 Å². The summed E-state index contributed by atoms with van der Waals surface area (Å²) in [6, 6.07) is 11.4. The van der Waals surface area contributed by atoms with Gasteiger partial charge in [0.15, 0.2) is 6.61 Å². The third-order valence-corrected chi connectivity index (χ3v) is 4.56. The molecule has 2 rings (SSSR count). The third kappa shape index (κ3) is 5.21. The van der Waals surface area contributed by atoms with E-state index in [1.807, 2.05) is 0 Å². The average molecular weight is 378 g/mol. The largest absolute Gasteiger partial charge is 0.484 e. The number of amides is 1. The molecule has 0 radical (unpaired) electrons. The number of primary amides is 1. The van der Waals surface area contributed by atoms with E-state index in [1.54, 1.807) is 6.92 Å². The average Bonchev–Trinajstić information content (AvgIpc) is 2.61. The molecule has 0 unspecified atom stereocenters. The van der Waals surface area contributed by atoms with Gasteiger partial charge >= 0.3 is 5.97 Å². The number of nitrogens with two attached hydrogens (primary N) is 1. The zero-order valence-corrected chi connectivity index (χ0v) is 14.8. The zero-order valence-electron chi connectivity index (χ0n) is 14.0. The summed E-state index contributed by atoms with van der Waals surface area (Å²) in [4.78, 5) is 22.3. The fraction of sp³-hybridized carbons (Fsp3) is 0.176. The van der Waals surface area contributed by atoms with E-state index < -0.39 is 21.9 Å². The summed E-state index contributed by atoms with van der Waals surface area (Å²) in [5, 5.41) is 0. The monoisotopic (exact) mass is 378 g/mol. The minimum atomic E-state index is -3.82. The van der Waals surface area contributed by atoms with E-state index in [2.05, 4.69) is 4.72 Å². The van der Waals surface area contributed by atoms with Crippen LogP contribution in [0.5, 0.6) is 5.75 Å². The molecule has 0 spiro atoms. The molecule has 1 amide bonds. The number of carbonyl (C=O) groups is 2. The van der Waals surface area contributed by atoms with E-state index in [0.29, 0.717) is 17.0 Å². The van der Waals surface area contributed by atoms with Crippen molar-refractivity contribution >= 4 is 27.6 Å². The Hall–Kier alpha value is -3.07. The summed E-state index contributed by atoms with van der Waals surface area (Å²) >= 11 is 0. The first-order chi connectivity index (χ1) is 12.3. The van der Waals surface area contributed by atoms with Crippen LogP contribution in [0.4, 0.5) is 5.69 Å². The molecule has 0 saturated carbocycles. The van der Waals surface area contributed by atoms with Crippen LogP contribution >= 0.6 is 0 Å². The maximum absolute atomic E-state index is 12.4. The zero-order chi connectivity index (χ0) is 19.2. The van der Waals surface area contributed by atoms with Crippen LogP contribution in [0, 0.1) is 0 Å². The highest BCUT2D eigenvalue weighted by atomic mass is 32.2. The molecule has 0 saturated heterocycles. The minimum Gasteiger partial charge on any atom is -0.484 e. The molecular formula is C17H18N2O6S. The summed E-state index contributed by atoms with van der Waals surface area (Å²) < 4.78 is 37.1. The summed E-state index contributed by atoms with van der Waals surface area (Å²) in [5.74, 6) is -0.787. The number of hydrogen-bond donors (Lipinski definition) is 2. The van der Waals surface area contributed by atoms with Crippen molar-refractivity contribution in [3.8, 4) is 5.75 Å². The lowest BCUT2D eigenvalue weighted by Crippen LogP contribution is -2.20. The predicted octanol–water partition coefficient (Wildman–Crippen LogP) is 1.53. The van der Waals surface area contributed by atoms with Gasteiger partial charge in [-0.15, -0.1) is 0 Å². The Bertz CT molecular complexity index is 876. The molecule has 9 heteroatoms. The van der Waals surface area contributed by atoms with Crippen molar-refractivity contribution in [1.82, 2.24) is 0 Å². The minimum absolute atomic E-state index is 0.0124. The van der Waals surface area contributed by atoms with Crippen LogP contribution in [0.25, 0.3) is 0 Å². The first-order valence-electron chi connectivity index (χ1n) is 7.63. The molecule has 138 valence electrons. The number of anilines is 1. The number of sulfonamides is 1. The van der Waals surface area contributed by atoms with Crippen LogP contribution in [-0.4, -0.2) is 33.5 Å². The summed E-state index contributed by atoms with van der Waals surface area (Å²) in [6.45, 7) is 1.66. The topological polar surface area (TPSA) is 125 Å². The molecule has 3 N–H and O–H groups in total. The fourth-order valence-electron chi connectivity index (χ4n) is 1.97. The van der Waals surface area contributed by atoms with Gasteiger partial charge in [-0.1, -0.05) is 0 Å². The molecule has 2 aromatic carbocycles. The van der Waals surface area contributed by atoms with Crippen molar-refractivity contribution in [1.29, 1.82) is 0 Å². The first kappa shape index (κ1) is 19.3. The van der Waals surface area contributed by atoms with Gasteiger partial charge in [0.25, 0.3) is 15.9 Å². The molecule has 0 atom stereocenters. The predicted molar refractivity (Wildman–Crippen MR) is 94.3 cm³/mol. The Morgan fingerprint density at radius 2 is 1.65 bits per heavy atom. The molecule has 26 heavy (non-hydrogen) atoms. The molecule has 2 aromatic rings. The van der Waals surface area contributed by atoms with Crippen molar-refractivity contribution < 1.29 is 27.5 Å². The highest BCUT2D eigenvalue weighted by Crippen LogP contribution is 2.20. The second-order valence-corrected chi connectivity index (χ2v) is 6.81. The van der Waals surface area contributed by atoms with E-state index >= 15 is 0 Å². The second-order valence-electron chi connectivity index (χ2n) is 5.13. The summed E-state index contributed by atoms with van der Waals surface area (Å²) in [6.07, 6.45) is 0. The number of rotatable bonds is 8. The van der Waals surface area contributed by atoms with Crippen molar-refractivity contribution in [2.24, 2.45) is 5.73 Å². The Balaban J connectivity index is 2.08. The Labute approximate surface area is 151 Å². The highest BCUT2D eigenvalue weighted by Gasteiger charge is 2.15. The quantitative estimate of drug-likeness (QED) is 0.671. The Morgan fingerprint density at radius 3 is 2.19 bits per heavy atom. The van der Waals surface area contributed by atoms with Gasteiger partial charge < -0.3 is 15.2 Å². The van der Waals surface area contributed by atoms with Crippen LogP contribution in [0.1, 0.15) is 17.3 Å². The Morgan fingerprint density at radius 1 is 1.04 bits per heavy atom. The van der Waals surface area contributed by atoms with Crippen LogP contribution in [-0.2, 0) is 19.6 Å². The molecule has 0 aromatic heterocycles. The highest BCUT2D eigenvalue weighted by molar-refractivity contribution is 7.92. The maximum Gasteiger partial charge on any atom is 0.338 e. The van der Waals surface area contributed by atoms with E-state index in [-0.39, 0.29) is 18.1 Å². The van der Waals surface area contributed by atoms with Crippen molar-refractivity contribution in [2.45, 2.75) is 11.8 Å². The molecule has 0 bridgehead atoms. The number of esters is 1. The molecule has 0 aliphatic carbocycles. The number of carbonyl (C=O) groups excluding carboxylic acids is 2. The van der Waals surface area contributed by atoms with E-state index in [0.717, 1.165) is 0 Å². The molecule has 0 heterocycles. The van der Waals surface area contributed by atoms with Gasteiger partial charge in [0.2, 0.25) is 0 Å².